The van der Waals surface area contributed by atoms with Gasteiger partial charge in [0.2, 0.25) is 0 Å². The Bertz CT molecular complexity index is 603. The molecule has 0 bridgehead atoms. The summed E-state index contributed by atoms with van der Waals surface area (Å²) in [6, 6.07) is 0. The lowest BCUT2D eigenvalue weighted by Gasteiger charge is -2.39. The number of carbonyl (C=O) groups is 1. The first-order valence-electron chi connectivity index (χ1n) is 9.76. The monoisotopic (exact) mass is 483 g/mol. The molecule has 0 atom stereocenters. The SMILES string of the molecule is CN(CCOCC(F)(F)C(F)(F)C(F)(F)CO[Si](C)(C)C(C)(C)C)C(=O)OC(C)(C)C. The van der Waals surface area contributed by atoms with Gasteiger partial charge in [-0.15, -0.1) is 0 Å². The van der Waals surface area contributed by atoms with Crippen molar-refractivity contribution in [1.82, 2.24) is 4.90 Å². The van der Waals surface area contributed by atoms with E-state index in [-0.39, 0.29) is 6.54 Å². The van der Waals surface area contributed by atoms with E-state index in [2.05, 4.69) is 4.74 Å². The topological polar surface area (TPSA) is 48.0 Å². The van der Waals surface area contributed by atoms with Crippen LogP contribution in [-0.4, -0.2) is 76.1 Å². The molecule has 0 aliphatic rings. The summed E-state index contributed by atoms with van der Waals surface area (Å²) in [6.07, 6.45) is -0.775. The number of halogens is 6. The van der Waals surface area contributed by atoms with Crippen LogP contribution in [0.4, 0.5) is 31.1 Å². The number of hydrogen-bond acceptors (Lipinski definition) is 4. The van der Waals surface area contributed by atoms with Crippen LogP contribution in [0.2, 0.25) is 18.1 Å². The molecule has 0 saturated heterocycles. The molecule has 12 heteroatoms. The predicted molar refractivity (Wildman–Crippen MR) is 108 cm³/mol. The van der Waals surface area contributed by atoms with Crippen LogP contribution in [0.5, 0.6) is 0 Å². The fourth-order valence-corrected chi connectivity index (χ4v) is 2.74. The summed E-state index contributed by atoms with van der Waals surface area (Å²) in [5.74, 6) is -16.0. The molecule has 0 saturated carbocycles. The van der Waals surface area contributed by atoms with Crippen LogP contribution in [-0.2, 0) is 13.9 Å². The Hall–Kier alpha value is -1.01. The summed E-state index contributed by atoms with van der Waals surface area (Å²) < 4.78 is 98.6. The first kappa shape index (κ1) is 30.0. The second kappa shape index (κ2) is 9.86. The van der Waals surface area contributed by atoms with E-state index in [1.54, 1.807) is 54.6 Å². The fraction of sp³-hybridized carbons (Fsp3) is 0.947. The van der Waals surface area contributed by atoms with Gasteiger partial charge in [-0.1, -0.05) is 20.8 Å². The van der Waals surface area contributed by atoms with Gasteiger partial charge >= 0.3 is 23.9 Å². The molecule has 0 aliphatic carbocycles. The van der Waals surface area contributed by atoms with Crippen molar-refractivity contribution in [3.05, 3.63) is 0 Å². The Labute approximate surface area is 181 Å². The zero-order valence-electron chi connectivity index (χ0n) is 19.7. The second-order valence-electron chi connectivity index (χ2n) is 9.99. The van der Waals surface area contributed by atoms with Gasteiger partial charge in [0.1, 0.15) is 18.8 Å². The van der Waals surface area contributed by atoms with Crippen molar-refractivity contribution in [3.8, 4) is 0 Å². The molecule has 0 unspecified atom stereocenters. The molecule has 0 aromatic heterocycles. The quantitative estimate of drug-likeness (QED) is 0.224. The molecule has 1 amide bonds. The lowest BCUT2D eigenvalue weighted by molar-refractivity contribution is -0.325. The van der Waals surface area contributed by atoms with Gasteiger partial charge in [-0.05, 0) is 38.9 Å². The van der Waals surface area contributed by atoms with Crippen LogP contribution in [0, 0.1) is 0 Å². The lowest BCUT2D eigenvalue weighted by Crippen LogP contribution is -2.59. The van der Waals surface area contributed by atoms with E-state index in [1.807, 2.05) is 0 Å². The van der Waals surface area contributed by atoms with Crippen LogP contribution in [0.3, 0.4) is 0 Å². The van der Waals surface area contributed by atoms with Crippen molar-refractivity contribution >= 4 is 14.4 Å². The van der Waals surface area contributed by atoms with Crippen molar-refractivity contribution in [2.45, 2.75) is 83.0 Å². The highest BCUT2D eigenvalue weighted by molar-refractivity contribution is 6.74. The van der Waals surface area contributed by atoms with Crippen LogP contribution < -0.4 is 0 Å². The number of likely N-dealkylation sites (N-methyl/N-ethyl adjacent to an activating group) is 1. The third kappa shape index (κ3) is 8.45. The first-order valence-corrected chi connectivity index (χ1v) is 12.7. The Balaban J connectivity index is 4.91. The fourth-order valence-electron chi connectivity index (χ4n) is 1.77. The molecule has 0 rings (SSSR count). The van der Waals surface area contributed by atoms with E-state index < -0.39 is 62.6 Å². The summed E-state index contributed by atoms with van der Waals surface area (Å²) >= 11 is 0. The van der Waals surface area contributed by atoms with Gasteiger partial charge in [-0.25, -0.2) is 4.79 Å². The number of carbonyl (C=O) groups excluding carboxylic acids is 1. The van der Waals surface area contributed by atoms with Crippen LogP contribution in [0.15, 0.2) is 0 Å². The summed E-state index contributed by atoms with van der Waals surface area (Å²) in [7, 11) is -1.57. The molecule has 0 N–H and O–H groups in total. The highest BCUT2D eigenvalue weighted by Gasteiger charge is 2.71. The summed E-state index contributed by atoms with van der Waals surface area (Å²) in [6.45, 7) is 8.44. The summed E-state index contributed by atoms with van der Waals surface area (Å²) in [4.78, 5) is 12.7. The van der Waals surface area contributed by atoms with Crippen molar-refractivity contribution in [1.29, 1.82) is 0 Å². The predicted octanol–water partition coefficient (Wildman–Crippen LogP) is 5.80. The summed E-state index contributed by atoms with van der Waals surface area (Å²) in [5, 5.41) is -0.565. The number of nitrogens with zero attached hydrogens (tertiary/aromatic N) is 1. The zero-order valence-corrected chi connectivity index (χ0v) is 20.7. The standard InChI is InChI=1S/C19H35F6NO4Si/c1-15(2,3)30-14(27)26(7)10-11-28-12-17(20,21)19(24,25)18(22,23)13-29-31(8,9)16(4,5)6/h10-13H2,1-9H3. The van der Waals surface area contributed by atoms with E-state index in [1.165, 1.54) is 7.05 Å². The molecular weight excluding hydrogens is 448 g/mol. The summed E-state index contributed by atoms with van der Waals surface area (Å²) in [5.41, 5.74) is -0.792. The maximum absolute atomic E-state index is 14.1. The second-order valence-corrected chi connectivity index (χ2v) is 14.8. The molecular formula is C19H35F6NO4Si. The minimum absolute atomic E-state index is 0.262. The van der Waals surface area contributed by atoms with Crippen LogP contribution >= 0.6 is 0 Å². The van der Waals surface area contributed by atoms with E-state index in [4.69, 9.17) is 9.16 Å². The van der Waals surface area contributed by atoms with Gasteiger partial charge in [0.15, 0.2) is 8.32 Å². The van der Waals surface area contributed by atoms with Crippen LogP contribution in [0.25, 0.3) is 0 Å². The number of ether oxygens (including phenoxy) is 2. The smallest absolute Gasteiger partial charge is 0.410 e. The maximum Gasteiger partial charge on any atom is 0.410 e. The number of rotatable bonds is 10. The molecule has 0 radical (unpaired) electrons. The Morgan fingerprint density at radius 1 is 0.871 bits per heavy atom. The molecule has 0 aromatic rings. The molecule has 0 aromatic carbocycles. The van der Waals surface area contributed by atoms with Gasteiger partial charge in [0.05, 0.1) is 6.61 Å². The third-order valence-electron chi connectivity index (χ3n) is 4.90. The Morgan fingerprint density at radius 3 is 1.74 bits per heavy atom. The van der Waals surface area contributed by atoms with E-state index in [9.17, 15) is 31.1 Å². The molecule has 31 heavy (non-hydrogen) atoms. The normalized spacial score (nSPS) is 14.5. The highest BCUT2D eigenvalue weighted by atomic mass is 28.4. The average molecular weight is 484 g/mol. The van der Waals surface area contributed by atoms with Crippen molar-refractivity contribution in [3.63, 3.8) is 0 Å². The molecule has 186 valence electrons. The zero-order chi connectivity index (χ0) is 25.1. The average Bonchev–Trinajstić information content (AvgIpc) is 2.54. The minimum Gasteiger partial charge on any atom is -0.444 e. The molecule has 0 aliphatic heterocycles. The molecule has 0 fully saturated rings. The van der Waals surface area contributed by atoms with Gasteiger partial charge in [-0.2, -0.15) is 26.3 Å². The Kier molecular flexibility index (Phi) is 9.54. The largest absolute Gasteiger partial charge is 0.444 e. The number of hydrogen-bond donors (Lipinski definition) is 0. The minimum atomic E-state index is -5.70. The van der Waals surface area contributed by atoms with Gasteiger partial charge in [0, 0.05) is 13.6 Å². The lowest BCUT2D eigenvalue weighted by atomic mass is 10.1. The highest BCUT2D eigenvalue weighted by Crippen LogP contribution is 2.47. The maximum atomic E-state index is 14.1. The molecule has 0 spiro atoms. The number of alkyl halides is 6. The van der Waals surface area contributed by atoms with E-state index in [0.29, 0.717) is 0 Å². The van der Waals surface area contributed by atoms with Gasteiger partial charge < -0.3 is 18.8 Å². The van der Waals surface area contributed by atoms with Gasteiger partial charge in [-0.3, -0.25) is 0 Å². The Morgan fingerprint density at radius 2 is 1.32 bits per heavy atom. The van der Waals surface area contributed by atoms with E-state index >= 15 is 0 Å². The van der Waals surface area contributed by atoms with Crippen molar-refractivity contribution < 1.29 is 45.0 Å². The van der Waals surface area contributed by atoms with Crippen LogP contribution in [0.1, 0.15) is 41.5 Å². The first-order chi connectivity index (χ1) is 13.5. The van der Waals surface area contributed by atoms with Gasteiger partial charge in [0.25, 0.3) is 0 Å². The van der Waals surface area contributed by atoms with Crippen molar-refractivity contribution in [2.24, 2.45) is 0 Å². The number of amides is 1. The third-order valence-corrected chi connectivity index (χ3v) is 9.38. The molecule has 0 heterocycles. The van der Waals surface area contributed by atoms with Crippen molar-refractivity contribution in [2.75, 3.05) is 33.4 Å². The van der Waals surface area contributed by atoms with E-state index in [0.717, 1.165) is 4.90 Å². The molecule has 5 nitrogen and oxygen atoms in total.